The second-order valence-electron chi connectivity index (χ2n) is 4.36. The monoisotopic (exact) mass is 403 g/mol. The van der Waals surface area contributed by atoms with E-state index in [0.29, 0.717) is 11.3 Å². The second kappa shape index (κ2) is 6.11. The summed E-state index contributed by atoms with van der Waals surface area (Å²) < 4.78 is 28.1. The van der Waals surface area contributed by atoms with E-state index >= 15 is 0 Å². The van der Waals surface area contributed by atoms with Crippen LogP contribution in [0.1, 0.15) is 18.6 Å². The molecule has 2 aromatic carbocycles. The molecular weight excluding hydrogens is 389 g/mol. The molecule has 1 unspecified atom stereocenters. The van der Waals surface area contributed by atoms with Crippen molar-refractivity contribution in [2.45, 2.75) is 17.9 Å². The first kappa shape index (κ1) is 15.3. The molecule has 0 aliphatic heterocycles. The highest BCUT2D eigenvalue weighted by molar-refractivity contribution is 14.1. The minimum atomic E-state index is -3.65. The predicted octanol–water partition coefficient (Wildman–Crippen LogP) is 3.15. The van der Waals surface area contributed by atoms with Gasteiger partial charge in [0.25, 0.3) is 10.0 Å². The van der Waals surface area contributed by atoms with Gasteiger partial charge in [0.15, 0.2) is 0 Å². The Hall–Kier alpha value is -1.12. The molecule has 106 valence electrons. The van der Waals surface area contributed by atoms with Crippen LogP contribution < -0.4 is 4.72 Å². The Morgan fingerprint density at radius 3 is 2.50 bits per heavy atom. The highest BCUT2D eigenvalue weighted by Gasteiger charge is 2.15. The molecule has 0 bridgehead atoms. The summed E-state index contributed by atoms with van der Waals surface area (Å²) in [5, 5.41) is 9.52. The van der Waals surface area contributed by atoms with Crippen molar-refractivity contribution in [3.05, 3.63) is 57.7 Å². The summed E-state index contributed by atoms with van der Waals surface area (Å²) in [6.07, 6.45) is -0.706. The molecule has 0 saturated heterocycles. The van der Waals surface area contributed by atoms with Crippen molar-refractivity contribution in [2.75, 3.05) is 4.72 Å². The molecule has 6 heteroatoms. The van der Waals surface area contributed by atoms with Crippen LogP contribution >= 0.6 is 22.6 Å². The number of rotatable bonds is 4. The molecule has 0 heterocycles. The summed E-state index contributed by atoms with van der Waals surface area (Å²) >= 11 is 2.12. The predicted molar refractivity (Wildman–Crippen MR) is 87.0 cm³/mol. The fraction of sp³-hybridized carbons (Fsp3) is 0.143. The van der Waals surface area contributed by atoms with Crippen LogP contribution in [0.5, 0.6) is 0 Å². The first-order valence-electron chi connectivity index (χ1n) is 5.95. The van der Waals surface area contributed by atoms with E-state index in [0.717, 1.165) is 3.57 Å². The highest BCUT2D eigenvalue weighted by Crippen LogP contribution is 2.21. The van der Waals surface area contributed by atoms with Gasteiger partial charge in [-0.3, -0.25) is 4.72 Å². The van der Waals surface area contributed by atoms with Gasteiger partial charge in [-0.05, 0) is 65.4 Å². The molecule has 0 radical (unpaired) electrons. The van der Waals surface area contributed by atoms with Gasteiger partial charge in [0.2, 0.25) is 0 Å². The van der Waals surface area contributed by atoms with Crippen LogP contribution in [0.4, 0.5) is 5.69 Å². The van der Waals surface area contributed by atoms with Crippen LogP contribution in [0.15, 0.2) is 53.4 Å². The molecule has 0 saturated carbocycles. The lowest BCUT2D eigenvalue weighted by Gasteiger charge is -2.10. The lowest BCUT2D eigenvalue weighted by Crippen LogP contribution is -2.13. The SMILES string of the molecule is CC(O)c1cccc(S(=O)(=O)Nc2cccc(I)c2)c1. The standard InChI is InChI=1S/C14H14INO3S/c1-10(17)11-4-2-7-14(8-11)20(18,19)16-13-6-3-5-12(15)9-13/h2-10,16-17H,1H3. The minimum Gasteiger partial charge on any atom is -0.389 e. The summed E-state index contributed by atoms with van der Waals surface area (Å²) in [6.45, 7) is 1.60. The molecule has 0 aliphatic carbocycles. The third kappa shape index (κ3) is 3.71. The molecule has 0 amide bonds. The van der Waals surface area contributed by atoms with Gasteiger partial charge in [0, 0.05) is 9.26 Å². The number of nitrogens with one attached hydrogen (secondary N) is 1. The maximum atomic E-state index is 12.3. The molecule has 0 aromatic heterocycles. The molecule has 2 aromatic rings. The van der Waals surface area contributed by atoms with Gasteiger partial charge in [-0.1, -0.05) is 18.2 Å². The number of hydrogen-bond acceptors (Lipinski definition) is 3. The van der Waals surface area contributed by atoms with Gasteiger partial charge in [0.05, 0.1) is 11.0 Å². The Bertz CT molecular complexity index is 714. The molecule has 0 fully saturated rings. The van der Waals surface area contributed by atoms with Gasteiger partial charge in [-0.25, -0.2) is 8.42 Å². The normalized spacial score (nSPS) is 12.9. The summed E-state index contributed by atoms with van der Waals surface area (Å²) in [4.78, 5) is 0.134. The molecular formula is C14H14INO3S. The average molecular weight is 403 g/mol. The Kier molecular flexibility index (Phi) is 4.66. The lowest BCUT2D eigenvalue weighted by molar-refractivity contribution is 0.199. The number of aliphatic hydroxyl groups excluding tert-OH is 1. The molecule has 2 N–H and O–H groups in total. The van der Waals surface area contributed by atoms with Crippen LogP contribution in [0.2, 0.25) is 0 Å². The van der Waals surface area contributed by atoms with Crippen LogP contribution in [-0.2, 0) is 10.0 Å². The fourth-order valence-electron chi connectivity index (χ4n) is 1.71. The molecule has 20 heavy (non-hydrogen) atoms. The highest BCUT2D eigenvalue weighted by atomic mass is 127. The number of benzene rings is 2. The van der Waals surface area contributed by atoms with Crippen molar-refractivity contribution in [1.29, 1.82) is 0 Å². The van der Waals surface area contributed by atoms with Crippen molar-refractivity contribution < 1.29 is 13.5 Å². The average Bonchev–Trinajstić information content (AvgIpc) is 2.38. The zero-order valence-corrected chi connectivity index (χ0v) is 13.7. The minimum absolute atomic E-state index is 0.134. The zero-order chi connectivity index (χ0) is 14.8. The second-order valence-corrected chi connectivity index (χ2v) is 7.29. The third-order valence-corrected chi connectivity index (χ3v) is 4.78. The van der Waals surface area contributed by atoms with Gasteiger partial charge in [-0.15, -0.1) is 0 Å². The van der Waals surface area contributed by atoms with Crippen LogP contribution in [0, 0.1) is 3.57 Å². The Morgan fingerprint density at radius 1 is 1.15 bits per heavy atom. The van der Waals surface area contributed by atoms with E-state index in [1.54, 1.807) is 37.3 Å². The summed E-state index contributed by atoms with van der Waals surface area (Å²) in [5.41, 5.74) is 1.08. The van der Waals surface area contributed by atoms with E-state index in [4.69, 9.17) is 0 Å². The topological polar surface area (TPSA) is 66.4 Å². The number of sulfonamides is 1. The summed E-state index contributed by atoms with van der Waals surface area (Å²) in [6, 6.07) is 13.4. The molecule has 4 nitrogen and oxygen atoms in total. The number of hydrogen-bond donors (Lipinski definition) is 2. The first-order valence-corrected chi connectivity index (χ1v) is 8.51. The molecule has 0 aliphatic rings. The number of halogens is 1. The van der Waals surface area contributed by atoms with Crippen molar-refractivity contribution >= 4 is 38.3 Å². The molecule has 1 atom stereocenters. The van der Waals surface area contributed by atoms with Crippen LogP contribution in [0.3, 0.4) is 0 Å². The van der Waals surface area contributed by atoms with Gasteiger partial charge in [-0.2, -0.15) is 0 Å². The van der Waals surface area contributed by atoms with Crippen molar-refractivity contribution in [3.8, 4) is 0 Å². The van der Waals surface area contributed by atoms with E-state index in [1.165, 1.54) is 12.1 Å². The maximum Gasteiger partial charge on any atom is 0.261 e. The van der Waals surface area contributed by atoms with Crippen molar-refractivity contribution in [1.82, 2.24) is 0 Å². The van der Waals surface area contributed by atoms with E-state index < -0.39 is 16.1 Å². The number of anilines is 1. The Balaban J connectivity index is 2.33. The van der Waals surface area contributed by atoms with E-state index in [2.05, 4.69) is 27.3 Å². The van der Waals surface area contributed by atoms with Crippen LogP contribution in [0.25, 0.3) is 0 Å². The molecule has 2 rings (SSSR count). The van der Waals surface area contributed by atoms with Gasteiger partial charge in [0.1, 0.15) is 0 Å². The Labute approximate surface area is 132 Å². The smallest absolute Gasteiger partial charge is 0.261 e. The first-order chi connectivity index (χ1) is 9.38. The molecule has 0 spiro atoms. The summed E-state index contributed by atoms with van der Waals surface area (Å²) in [5.74, 6) is 0. The number of aliphatic hydroxyl groups is 1. The Morgan fingerprint density at radius 2 is 1.85 bits per heavy atom. The van der Waals surface area contributed by atoms with E-state index in [-0.39, 0.29) is 4.90 Å². The van der Waals surface area contributed by atoms with E-state index in [9.17, 15) is 13.5 Å². The van der Waals surface area contributed by atoms with Gasteiger partial charge < -0.3 is 5.11 Å². The largest absolute Gasteiger partial charge is 0.389 e. The van der Waals surface area contributed by atoms with Crippen molar-refractivity contribution in [3.63, 3.8) is 0 Å². The van der Waals surface area contributed by atoms with Gasteiger partial charge >= 0.3 is 0 Å². The summed E-state index contributed by atoms with van der Waals surface area (Å²) in [7, 11) is -3.65. The lowest BCUT2D eigenvalue weighted by atomic mass is 10.1. The fourth-order valence-corrected chi connectivity index (χ4v) is 3.35. The van der Waals surface area contributed by atoms with Crippen molar-refractivity contribution in [2.24, 2.45) is 0 Å². The van der Waals surface area contributed by atoms with Crippen LogP contribution in [-0.4, -0.2) is 13.5 Å². The maximum absolute atomic E-state index is 12.3. The third-order valence-electron chi connectivity index (χ3n) is 2.73. The zero-order valence-electron chi connectivity index (χ0n) is 10.7. The quantitative estimate of drug-likeness (QED) is 0.771. The van der Waals surface area contributed by atoms with E-state index in [1.807, 2.05) is 6.07 Å².